The van der Waals surface area contributed by atoms with Crippen LogP contribution in [0.15, 0.2) is 51.6 Å². The molecule has 3 aliphatic carbocycles. The Bertz CT molecular complexity index is 1330. The lowest BCUT2D eigenvalue weighted by molar-refractivity contribution is -0.142. The van der Waals surface area contributed by atoms with Crippen molar-refractivity contribution in [2.24, 2.45) is 17.8 Å². The van der Waals surface area contributed by atoms with Crippen molar-refractivity contribution >= 4 is 56.9 Å². The number of carboxylic acids is 1. The van der Waals surface area contributed by atoms with E-state index in [1.165, 1.54) is 18.2 Å². The lowest BCUT2D eigenvalue weighted by Gasteiger charge is -2.42. The van der Waals surface area contributed by atoms with Crippen molar-refractivity contribution in [1.29, 1.82) is 0 Å². The third-order valence-corrected chi connectivity index (χ3v) is 8.18. The van der Waals surface area contributed by atoms with Gasteiger partial charge in [0.25, 0.3) is 0 Å². The Kier molecular flexibility index (Phi) is 5.80. The van der Waals surface area contributed by atoms with Gasteiger partial charge in [-0.1, -0.05) is 29.3 Å². The van der Waals surface area contributed by atoms with Gasteiger partial charge in [0.2, 0.25) is 11.8 Å². The first-order valence-electron chi connectivity index (χ1n) is 11.0. The second-order valence-corrected chi connectivity index (χ2v) is 10.3. The number of imide groups is 1. The van der Waals surface area contributed by atoms with Crippen LogP contribution in [-0.4, -0.2) is 51.0 Å². The van der Waals surface area contributed by atoms with E-state index in [1.54, 1.807) is 6.07 Å². The van der Waals surface area contributed by atoms with Crippen LogP contribution in [0.4, 0.5) is 0 Å². The van der Waals surface area contributed by atoms with Crippen molar-refractivity contribution in [3.63, 3.8) is 0 Å². The number of allylic oxidation sites excluding steroid dienone is 6. The number of amides is 2. The first-order chi connectivity index (χ1) is 16.6. The lowest BCUT2D eigenvalue weighted by Crippen LogP contribution is -2.39. The summed E-state index contributed by atoms with van der Waals surface area (Å²) in [5.74, 6) is -5.43. The fourth-order valence-electron chi connectivity index (χ4n) is 5.81. The van der Waals surface area contributed by atoms with Crippen LogP contribution in [0.1, 0.15) is 30.7 Å². The highest BCUT2D eigenvalue weighted by molar-refractivity contribution is 9.12. The molecule has 180 valence electrons. The predicted molar refractivity (Wildman–Crippen MR) is 127 cm³/mol. The van der Waals surface area contributed by atoms with Crippen LogP contribution in [0.3, 0.4) is 0 Å². The summed E-state index contributed by atoms with van der Waals surface area (Å²) < 4.78 is 0.119. The smallest absolute Gasteiger partial charge is 0.305 e. The Balaban J connectivity index is 1.64. The van der Waals surface area contributed by atoms with E-state index >= 15 is 0 Å². The molecule has 0 radical (unpaired) electrons. The summed E-state index contributed by atoms with van der Waals surface area (Å²) in [5, 5.41) is 19.1. The SMILES string of the molecule is O=C(O)CCN1C(=O)C2CC=C3C(c4ccc(O)cc4Cl)C4=C(CC3C2C1=O)C(=O)C(Br)=CC4=O. The summed E-state index contributed by atoms with van der Waals surface area (Å²) in [7, 11) is 0. The molecular formula is C25H19BrClNO7. The normalized spacial score (nSPS) is 27.9. The van der Waals surface area contributed by atoms with Gasteiger partial charge in [0.15, 0.2) is 11.6 Å². The number of hydrogen-bond donors (Lipinski definition) is 2. The molecule has 5 rings (SSSR count). The van der Waals surface area contributed by atoms with E-state index in [-0.39, 0.29) is 63.8 Å². The quantitative estimate of drug-likeness (QED) is 0.328. The Labute approximate surface area is 213 Å². The Morgan fingerprint density at radius 2 is 1.89 bits per heavy atom. The van der Waals surface area contributed by atoms with E-state index in [9.17, 15) is 29.1 Å². The summed E-state index contributed by atoms with van der Waals surface area (Å²) in [6.07, 6.45) is 3.08. The van der Waals surface area contributed by atoms with Crippen LogP contribution in [0.25, 0.3) is 0 Å². The summed E-state index contributed by atoms with van der Waals surface area (Å²) in [6, 6.07) is 4.38. The molecule has 10 heteroatoms. The van der Waals surface area contributed by atoms with E-state index in [1.807, 2.05) is 6.08 Å². The van der Waals surface area contributed by atoms with Crippen LogP contribution in [-0.2, 0) is 24.0 Å². The van der Waals surface area contributed by atoms with Gasteiger partial charge < -0.3 is 10.2 Å². The summed E-state index contributed by atoms with van der Waals surface area (Å²) >= 11 is 9.64. The maximum absolute atomic E-state index is 13.4. The van der Waals surface area contributed by atoms with E-state index in [4.69, 9.17) is 16.7 Å². The molecule has 2 N–H and O–H groups in total. The molecule has 1 aliphatic heterocycles. The van der Waals surface area contributed by atoms with Crippen molar-refractivity contribution in [3.8, 4) is 5.75 Å². The van der Waals surface area contributed by atoms with Crippen LogP contribution in [0.2, 0.25) is 5.02 Å². The molecule has 0 bridgehead atoms. The molecular weight excluding hydrogens is 542 g/mol. The van der Waals surface area contributed by atoms with Gasteiger partial charge >= 0.3 is 5.97 Å². The topological polar surface area (TPSA) is 129 Å². The minimum absolute atomic E-state index is 0.0580. The van der Waals surface area contributed by atoms with Gasteiger partial charge in [-0.3, -0.25) is 28.9 Å². The Hall–Kier alpha value is -3.04. The van der Waals surface area contributed by atoms with Crippen LogP contribution < -0.4 is 0 Å². The van der Waals surface area contributed by atoms with Crippen molar-refractivity contribution in [1.82, 2.24) is 4.90 Å². The summed E-state index contributed by atoms with van der Waals surface area (Å²) in [6.45, 7) is -0.213. The number of fused-ring (bicyclic) bond motifs is 3. The van der Waals surface area contributed by atoms with Crippen molar-refractivity contribution in [3.05, 3.63) is 62.1 Å². The third-order valence-electron chi connectivity index (χ3n) is 7.27. The zero-order valence-electron chi connectivity index (χ0n) is 18.2. The van der Waals surface area contributed by atoms with Gasteiger partial charge in [0.05, 0.1) is 22.7 Å². The van der Waals surface area contributed by atoms with E-state index in [0.717, 1.165) is 10.5 Å². The molecule has 0 aromatic heterocycles. The number of carbonyl (C=O) groups excluding carboxylic acids is 4. The fraction of sp³-hybridized carbons (Fsp3) is 0.320. The molecule has 4 aliphatic rings. The largest absolute Gasteiger partial charge is 0.508 e. The zero-order chi connectivity index (χ0) is 25.2. The molecule has 1 heterocycles. The number of halogens is 2. The number of phenolic OH excluding ortho intramolecular Hbond substituents is 1. The molecule has 1 saturated heterocycles. The number of benzene rings is 1. The number of Topliss-reactive ketones (excluding diaryl/α,β-unsaturated/α-hetero) is 1. The summed E-state index contributed by atoms with van der Waals surface area (Å²) in [5.41, 5.74) is 1.79. The van der Waals surface area contributed by atoms with E-state index in [2.05, 4.69) is 15.9 Å². The zero-order valence-corrected chi connectivity index (χ0v) is 20.5. The number of phenols is 1. The number of likely N-dealkylation sites (tertiary alicyclic amines) is 1. The average molecular weight is 561 g/mol. The van der Waals surface area contributed by atoms with Gasteiger partial charge in [0, 0.05) is 34.7 Å². The highest BCUT2D eigenvalue weighted by Crippen LogP contribution is 2.56. The predicted octanol–water partition coefficient (Wildman–Crippen LogP) is 3.28. The molecule has 0 saturated carbocycles. The maximum Gasteiger partial charge on any atom is 0.305 e. The number of aliphatic carboxylic acids is 1. The fourth-order valence-corrected chi connectivity index (χ4v) is 6.54. The number of aromatic hydroxyl groups is 1. The van der Waals surface area contributed by atoms with Crippen LogP contribution in [0.5, 0.6) is 5.75 Å². The second kappa shape index (κ2) is 8.57. The molecule has 1 aromatic carbocycles. The van der Waals surface area contributed by atoms with Crippen molar-refractivity contribution in [2.75, 3.05) is 6.54 Å². The third kappa shape index (κ3) is 3.68. The van der Waals surface area contributed by atoms with Crippen LogP contribution >= 0.6 is 27.5 Å². The average Bonchev–Trinajstić information content (AvgIpc) is 3.04. The number of ketones is 2. The monoisotopic (exact) mass is 559 g/mol. The lowest BCUT2D eigenvalue weighted by atomic mass is 9.59. The number of carbonyl (C=O) groups is 5. The standard InChI is InChI=1S/C25H19BrClNO7/c26-16-9-18(30)22-15(23(16)33)8-14-11(20(22)12-2-1-10(29)7-17(12)27)3-4-13-21(14)25(35)28(24(13)34)6-5-19(31)32/h1-3,7,9,13-14,20-21,29H,4-6,8H2,(H,31,32). The van der Waals surface area contributed by atoms with Crippen molar-refractivity contribution in [2.45, 2.75) is 25.2 Å². The Morgan fingerprint density at radius 3 is 2.57 bits per heavy atom. The molecule has 4 atom stereocenters. The van der Waals surface area contributed by atoms with E-state index < -0.39 is 41.5 Å². The highest BCUT2D eigenvalue weighted by Gasteiger charge is 2.56. The minimum Gasteiger partial charge on any atom is -0.508 e. The minimum atomic E-state index is -1.11. The second-order valence-electron chi connectivity index (χ2n) is 9.07. The highest BCUT2D eigenvalue weighted by atomic mass is 79.9. The van der Waals surface area contributed by atoms with Crippen LogP contribution in [0, 0.1) is 17.8 Å². The maximum atomic E-state index is 13.4. The molecule has 4 unspecified atom stereocenters. The Morgan fingerprint density at radius 1 is 1.14 bits per heavy atom. The van der Waals surface area contributed by atoms with Gasteiger partial charge in [-0.15, -0.1) is 0 Å². The first-order valence-corrected chi connectivity index (χ1v) is 12.2. The van der Waals surface area contributed by atoms with Gasteiger partial charge in [-0.2, -0.15) is 0 Å². The molecule has 2 amide bonds. The van der Waals surface area contributed by atoms with E-state index in [0.29, 0.717) is 5.56 Å². The molecule has 1 aromatic rings. The number of nitrogens with zero attached hydrogens (tertiary/aromatic N) is 1. The van der Waals surface area contributed by atoms with Crippen molar-refractivity contribution < 1.29 is 34.2 Å². The summed E-state index contributed by atoms with van der Waals surface area (Å²) in [4.78, 5) is 64.7. The van der Waals surface area contributed by atoms with Gasteiger partial charge in [-0.25, -0.2) is 0 Å². The number of hydrogen-bond acceptors (Lipinski definition) is 6. The molecule has 1 fully saturated rings. The number of rotatable bonds is 4. The molecule has 35 heavy (non-hydrogen) atoms. The van der Waals surface area contributed by atoms with Gasteiger partial charge in [0.1, 0.15) is 5.75 Å². The first kappa shape index (κ1) is 23.7. The number of carboxylic acid groups (broad SMARTS) is 1. The van der Waals surface area contributed by atoms with Gasteiger partial charge in [-0.05, 0) is 52.4 Å². The molecule has 0 spiro atoms. The molecule has 8 nitrogen and oxygen atoms in total.